The summed E-state index contributed by atoms with van der Waals surface area (Å²) < 4.78 is 7.28. The van der Waals surface area contributed by atoms with Crippen molar-refractivity contribution < 1.29 is 4.74 Å². The van der Waals surface area contributed by atoms with Gasteiger partial charge in [-0.15, -0.1) is 22.0 Å². The Kier molecular flexibility index (Phi) is 6.25. The fraction of sp³-hybridized carbons (Fsp3) is 0.762. The van der Waals surface area contributed by atoms with Crippen LogP contribution in [0.3, 0.4) is 0 Å². The van der Waals surface area contributed by atoms with Crippen LogP contribution < -0.4 is 0 Å². The summed E-state index contributed by atoms with van der Waals surface area (Å²) in [4.78, 5) is 3.46. The molecule has 1 aliphatic rings. The standard InChI is InChI=1S/C21H35N5OS/c1-20(2,3)17-12-16(26(6)25-17)18-22-19(24-23-18)21(4,5)28-13-14-8-10-15(27-7)11-9-14/h12,14-15H,8-11,13H2,1-7H3,(H,22,23,24)/t14-,15-. The molecule has 0 spiro atoms. The Labute approximate surface area is 173 Å². The van der Waals surface area contributed by atoms with Gasteiger partial charge in [0.25, 0.3) is 0 Å². The Morgan fingerprint density at radius 2 is 1.82 bits per heavy atom. The molecule has 2 aromatic heterocycles. The molecule has 0 aliphatic heterocycles. The molecular weight excluding hydrogens is 370 g/mol. The SMILES string of the molecule is CO[C@H]1CC[C@H](CSC(C)(C)c2nnc(-c3cc(C(C)(C)C)nn3C)[nH]2)CC1. The van der Waals surface area contributed by atoms with Crippen LogP contribution >= 0.6 is 11.8 Å². The molecule has 0 saturated heterocycles. The van der Waals surface area contributed by atoms with Crippen LogP contribution in [-0.2, 0) is 21.9 Å². The highest BCUT2D eigenvalue weighted by molar-refractivity contribution is 8.00. The normalized spacial score (nSPS) is 21.2. The van der Waals surface area contributed by atoms with Crippen molar-refractivity contribution in [3.05, 3.63) is 17.6 Å². The predicted octanol–water partition coefficient (Wildman–Crippen LogP) is 4.68. The fourth-order valence-electron chi connectivity index (χ4n) is 3.63. The average Bonchev–Trinajstić information content (AvgIpc) is 3.27. The van der Waals surface area contributed by atoms with E-state index in [1.54, 1.807) is 0 Å². The van der Waals surface area contributed by atoms with E-state index in [2.05, 4.69) is 61.0 Å². The van der Waals surface area contributed by atoms with Crippen molar-refractivity contribution in [3.63, 3.8) is 0 Å². The molecule has 0 unspecified atom stereocenters. The topological polar surface area (TPSA) is 68.6 Å². The number of ether oxygens (including phenoxy) is 1. The lowest BCUT2D eigenvalue weighted by Gasteiger charge is -2.30. The summed E-state index contributed by atoms with van der Waals surface area (Å²) in [6, 6.07) is 2.11. The second kappa shape index (κ2) is 8.19. The quantitative estimate of drug-likeness (QED) is 0.756. The maximum absolute atomic E-state index is 5.49. The van der Waals surface area contributed by atoms with Gasteiger partial charge in [-0.1, -0.05) is 20.8 Å². The molecule has 1 aliphatic carbocycles. The molecule has 0 atom stereocenters. The summed E-state index contributed by atoms with van der Waals surface area (Å²) in [7, 11) is 3.79. The molecule has 7 heteroatoms. The van der Waals surface area contributed by atoms with Crippen LogP contribution in [0.15, 0.2) is 6.07 Å². The molecule has 0 bridgehead atoms. The summed E-state index contributed by atoms with van der Waals surface area (Å²) in [5, 5.41) is 13.6. The highest BCUT2D eigenvalue weighted by Crippen LogP contribution is 2.38. The van der Waals surface area contributed by atoms with Gasteiger partial charge in [0.2, 0.25) is 0 Å². The second-order valence-corrected chi connectivity index (χ2v) is 11.2. The van der Waals surface area contributed by atoms with Crippen LogP contribution in [0.5, 0.6) is 0 Å². The van der Waals surface area contributed by atoms with Gasteiger partial charge in [-0.2, -0.15) is 5.10 Å². The largest absolute Gasteiger partial charge is 0.381 e. The minimum atomic E-state index is -0.102. The van der Waals surface area contributed by atoms with Crippen LogP contribution in [0, 0.1) is 5.92 Å². The zero-order valence-electron chi connectivity index (χ0n) is 18.4. The first kappa shape index (κ1) is 21.4. The Morgan fingerprint density at radius 1 is 1.14 bits per heavy atom. The fourth-order valence-corrected chi connectivity index (χ4v) is 4.85. The van der Waals surface area contributed by atoms with E-state index >= 15 is 0 Å². The maximum Gasteiger partial charge on any atom is 0.179 e. The van der Waals surface area contributed by atoms with E-state index in [-0.39, 0.29) is 10.2 Å². The van der Waals surface area contributed by atoms with Crippen LogP contribution in [0.2, 0.25) is 0 Å². The second-order valence-electron chi connectivity index (χ2n) is 9.51. The van der Waals surface area contributed by atoms with Gasteiger partial charge in [0.15, 0.2) is 5.82 Å². The summed E-state index contributed by atoms with van der Waals surface area (Å²) in [5.74, 6) is 3.63. The average molecular weight is 406 g/mol. The number of hydrogen-bond acceptors (Lipinski definition) is 5. The molecule has 6 nitrogen and oxygen atoms in total. The minimum Gasteiger partial charge on any atom is -0.381 e. The molecule has 0 amide bonds. The first-order valence-corrected chi connectivity index (χ1v) is 11.2. The van der Waals surface area contributed by atoms with Gasteiger partial charge in [0, 0.05) is 19.6 Å². The number of aryl methyl sites for hydroxylation is 1. The minimum absolute atomic E-state index is 0.00973. The van der Waals surface area contributed by atoms with E-state index in [1.165, 1.54) is 25.7 Å². The molecule has 156 valence electrons. The first-order valence-electron chi connectivity index (χ1n) is 10.2. The number of nitrogens with zero attached hydrogens (tertiary/aromatic N) is 4. The number of H-pyrrole nitrogens is 1. The smallest absolute Gasteiger partial charge is 0.179 e. The molecule has 28 heavy (non-hydrogen) atoms. The van der Waals surface area contributed by atoms with E-state index in [0.29, 0.717) is 6.10 Å². The predicted molar refractivity (Wildman–Crippen MR) is 116 cm³/mol. The van der Waals surface area contributed by atoms with Crippen molar-refractivity contribution in [2.45, 2.75) is 76.6 Å². The summed E-state index contributed by atoms with van der Waals surface area (Å²) in [6.07, 6.45) is 5.35. The van der Waals surface area contributed by atoms with E-state index < -0.39 is 0 Å². The van der Waals surface area contributed by atoms with Gasteiger partial charge in [-0.05, 0) is 57.3 Å². The molecule has 2 heterocycles. The Bertz CT molecular complexity index is 781. The maximum atomic E-state index is 5.49. The summed E-state index contributed by atoms with van der Waals surface area (Å²) in [5.41, 5.74) is 2.04. The van der Waals surface area contributed by atoms with Gasteiger partial charge in [-0.25, -0.2) is 0 Å². The molecule has 1 saturated carbocycles. The van der Waals surface area contributed by atoms with Crippen LogP contribution in [-0.4, -0.2) is 43.9 Å². The highest BCUT2D eigenvalue weighted by Gasteiger charge is 2.29. The van der Waals surface area contributed by atoms with Crippen LogP contribution in [0.1, 0.15) is 71.8 Å². The van der Waals surface area contributed by atoms with Crippen molar-refractivity contribution in [3.8, 4) is 11.5 Å². The van der Waals surface area contributed by atoms with E-state index in [9.17, 15) is 0 Å². The van der Waals surface area contributed by atoms with Crippen LogP contribution in [0.25, 0.3) is 11.5 Å². The molecule has 2 aromatic rings. The molecule has 1 N–H and O–H groups in total. The third-order valence-electron chi connectivity index (χ3n) is 5.75. The lowest BCUT2D eigenvalue weighted by Crippen LogP contribution is -2.23. The van der Waals surface area contributed by atoms with Gasteiger partial charge in [0.1, 0.15) is 11.5 Å². The van der Waals surface area contributed by atoms with Crippen molar-refractivity contribution in [1.82, 2.24) is 25.0 Å². The third-order valence-corrected chi connectivity index (χ3v) is 7.31. The number of hydrogen-bond donors (Lipinski definition) is 1. The van der Waals surface area contributed by atoms with Crippen molar-refractivity contribution in [2.75, 3.05) is 12.9 Å². The third kappa shape index (κ3) is 4.79. The molecule has 0 aromatic carbocycles. The summed E-state index contributed by atoms with van der Waals surface area (Å²) in [6.45, 7) is 11.0. The van der Waals surface area contributed by atoms with E-state index in [4.69, 9.17) is 4.74 Å². The number of aromatic nitrogens is 5. The molecule has 1 fully saturated rings. The highest BCUT2D eigenvalue weighted by atomic mass is 32.2. The first-order chi connectivity index (χ1) is 13.1. The Hall–Kier alpha value is -1.34. The zero-order chi connectivity index (χ0) is 20.5. The lowest BCUT2D eigenvalue weighted by molar-refractivity contribution is 0.0599. The Morgan fingerprint density at radius 3 is 2.39 bits per heavy atom. The van der Waals surface area contributed by atoms with Crippen molar-refractivity contribution in [2.24, 2.45) is 13.0 Å². The number of methoxy groups -OCH3 is 1. The van der Waals surface area contributed by atoms with Crippen molar-refractivity contribution in [1.29, 1.82) is 0 Å². The number of rotatable bonds is 6. The zero-order valence-corrected chi connectivity index (χ0v) is 19.2. The van der Waals surface area contributed by atoms with E-state index in [1.807, 2.05) is 30.6 Å². The van der Waals surface area contributed by atoms with Crippen LogP contribution in [0.4, 0.5) is 0 Å². The van der Waals surface area contributed by atoms with Gasteiger partial charge < -0.3 is 9.72 Å². The number of aromatic amines is 1. The van der Waals surface area contributed by atoms with Gasteiger partial charge in [-0.3, -0.25) is 4.68 Å². The molecule has 3 rings (SSSR count). The lowest BCUT2D eigenvalue weighted by atomic mass is 9.89. The monoisotopic (exact) mass is 405 g/mol. The Balaban J connectivity index is 1.66. The summed E-state index contributed by atoms with van der Waals surface area (Å²) >= 11 is 1.97. The molecular formula is C21H35N5OS. The number of thioether (sulfide) groups is 1. The van der Waals surface area contributed by atoms with Gasteiger partial charge in [0.05, 0.1) is 16.5 Å². The van der Waals surface area contributed by atoms with E-state index in [0.717, 1.165) is 34.7 Å². The van der Waals surface area contributed by atoms with Crippen molar-refractivity contribution >= 4 is 11.8 Å². The number of nitrogens with one attached hydrogen (secondary N) is 1. The van der Waals surface area contributed by atoms with Gasteiger partial charge >= 0.3 is 0 Å². The molecule has 0 radical (unpaired) electrons.